The number of para-hydroxylation sites is 1. The first-order valence-corrected chi connectivity index (χ1v) is 5.96. The Labute approximate surface area is 112 Å². The molecule has 0 N–H and O–H groups in total. The topological polar surface area (TPSA) is 82.8 Å². The highest BCUT2D eigenvalue weighted by molar-refractivity contribution is 5.94. The fourth-order valence-corrected chi connectivity index (χ4v) is 2.31. The summed E-state index contributed by atoms with van der Waals surface area (Å²) >= 11 is 0. The molecule has 2 heterocycles. The Kier molecular flexibility index (Phi) is 2.78. The SMILES string of the molecule is COC(=O)C1CC(=O)Oc2c1c(=O)oc1ccccc21. The molecule has 1 unspecified atom stereocenters. The van der Waals surface area contributed by atoms with Crippen molar-refractivity contribution < 1.29 is 23.5 Å². The van der Waals surface area contributed by atoms with Crippen molar-refractivity contribution in [2.24, 2.45) is 0 Å². The quantitative estimate of drug-likeness (QED) is 0.576. The van der Waals surface area contributed by atoms with E-state index in [1.807, 2.05) is 0 Å². The van der Waals surface area contributed by atoms with Crippen LogP contribution in [0.25, 0.3) is 11.0 Å². The van der Waals surface area contributed by atoms with Gasteiger partial charge in [0, 0.05) is 0 Å². The van der Waals surface area contributed by atoms with Crippen molar-refractivity contribution in [3.8, 4) is 5.75 Å². The van der Waals surface area contributed by atoms with Crippen LogP contribution in [0.4, 0.5) is 0 Å². The maximum Gasteiger partial charge on any atom is 0.344 e. The Morgan fingerprint density at radius 3 is 2.80 bits per heavy atom. The van der Waals surface area contributed by atoms with Crippen LogP contribution in [0.5, 0.6) is 5.75 Å². The first-order chi connectivity index (χ1) is 9.61. The molecule has 0 saturated carbocycles. The molecular weight excluding hydrogens is 264 g/mol. The fraction of sp³-hybridized carbons (Fsp3) is 0.214. The predicted octanol–water partition coefficient (Wildman–Crippen LogP) is 1.36. The standard InChI is InChI=1S/C14H10O6/c1-18-13(16)8-6-10(15)20-12-7-4-2-3-5-9(7)19-14(17)11(8)12/h2-5,8H,6H2,1H3. The zero-order valence-electron chi connectivity index (χ0n) is 10.5. The van der Waals surface area contributed by atoms with Crippen LogP contribution < -0.4 is 10.4 Å². The lowest BCUT2D eigenvalue weighted by molar-refractivity contribution is -0.148. The highest BCUT2D eigenvalue weighted by Gasteiger charge is 2.37. The normalized spacial score (nSPS) is 17.4. The summed E-state index contributed by atoms with van der Waals surface area (Å²) in [7, 11) is 1.20. The van der Waals surface area contributed by atoms with Crippen LogP contribution in [-0.2, 0) is 14.3 Å². The molecule has 2 aromatic rings. The fourth-order valence-electron chi connectivity index (χ4n) is 2.31. The predicted molar refractivity (Wildman–Crippen MR) is 67.5 cm³/mol. The summed E-state index contributed by atoms with van der Waals surface area (Å²) < 4.78 is 14.9. The smallest absolute Gasteiger partial charge is 0.344 e. The van der Waals surface area contributed by atoms with E-state index in [-0.39, 0.29) is 17.7 Å². The molecule has 0 amide bonds. The minimum Gasteiger partial charge on any atom is -0.469 e. The van der Waals surface area contributed by atoms with E-state index in [0.29, 0.717) is 11.0 Å². The third-order valence-electron chi connectivity index (χ3n) is 3.22. The van der Waals surface area contributed by atoms with Crippen LogP contribution in [0.15, 0.2) is 33.5 Å². The Balaban J connectivity index is 2.34. The van der Waals surface area contributed by atoms with Crippen molar-refractivity contribution in [3.05, 3.63) is 40.2 Å². The lowest BCUT2D eigenvalue weighted by Gasteiger charge is -2.22. The molecule has 6 heteroatoms. The lowest BCUT2D eigenvalue weighted by Crippen LogP contribution is -2.31. The average Bonchev–Trinajstić information content (AvgIpc) is 2.45. The number of methoxy groups -OCH3 is 1. The van der Waals surface area contributed by atoms with E-state index >= 15 is 0 Å². The molecule has 1 aromatic carbocycles. The minimum absolute atomic E-state index is 0.0372. The van der Waals surface area contributed by atoms with Gasteiger partial charge >= 0.3 is 17.6 Å². The van der Waals surface area contributed by atoms with Crippen molar-refractivity contribution in [1.29, 1.82) is 0 Å². The van der Waals surface area contributed by atoms with Gasteiger partial charge in [-0.15, -0.1) is 0 Å². The molecule has 0 fully saturated rings. The van der Waals surface area contributed by atoms with Crippen molar-refractivity contribution >= 4 is 22.9 Å². The molecule has 102 valence electrons. The number of fused-ring (bicyclic) bond motifs is 3. The van der Waals surface area contributed by atoms with Gasteiger partial charge in [0.15, 0.2) is 5.75 Å². The Morgan fingerprint density at radius 2 is 2.05 bits per heavy atom. The summed E-state index contributed by atoms with van der Waals surface area (Å²) in [5, 5.41) is 0.476. The van der Waals surface area contributed by atoms with Gasteiger partial charge in [0.1, 0.15) is 11.5 Å². The summed E-state index contributed by atoms with van der Waals surface area (Å²) in [5.74, 6) is -2.14. The van der Waals surface area contributed by atoms with E-state index in [2.05, 4.69) is 4.74 Å². The van der Waals surface area contributed by atoms with Crippen LogP contribution >= 0.6 is 0 Å². The molecule has 6 nitrogen and oxygen atoms in total. The largest absolute Gasteiger partial charge is 0.469 e. The number of hydrogen-bond acceptors (Lipinski definition) is 6. The number of esters is 2. The average molecular weight is 274 g/mol. The Hall–Kier alpha value is -2.63. The van der Waals surface area contributed by atoms with Gasteiger partial charge < -0.3 is 13.9 Å². The summed E-state index contributed by atoms with van der Waals surface area (Å²) in [4.78, 5) is 35.5. The molecule has 0 radical (unpaired) electrons. The second-order valence-electron chi connectivity index (χ2n) is 4.38. The first kappa shape index (κ1) is 12.4. The number of ether oxygens (including phenoxy) is 2. The summed E-state index contributed by atoms with van der Waals surface area (Å²) in [6.45, 7) is 0. The lowest BCUT2D eigenvalue weighted by atomic mass is 9.93. The molecular formula is C14H10O6. The van der Waals surface area contributed by atoms with E-state index in [0.717, 1.165) is 0 Å². The summed E-state index contributed by atoms with van der Waals surface area (Å²) in [6.07, 6.45) is -0.233. The summed E-state index contributed by atoms with van der Waals surface area (Å²) in [5.41, 5.74) is -0.355. The van der Waals surface area contributed by atoms with E-state index in [1.165, 1.54) is 7.11 Å². The zero-order chi connectivity index (χ0) is 14.3. The van der Waals surface area contributed by atoms with E-state index < -0.39 is 23.5 Å². The van der Waals surface area contributed by atoms with Crippen molar-refractivity contribution in [3.63, 3.8) is 0 Å². The molecule has 0 bridgehead atoms. The van der Waals surface area contributed by atoms with E-state index in [9.17, 15) is 14.4 Å². The molecule has 1 atom stereocenters. The molecule has 1 aromatic heterocycles. The van der Waals surface area contributed by atoms with Gasteiger partial charge in [-0.2, -0.15) is 0 Å². The van der Waals surface area contributed by atoms with Gasteiger partial charge in [0.05, 0.1) is 24.5 Å². The molecule has 0 spiro atoms. The Morgan fingerprint density at radius 1 is 1.30 bits per heavy atom. The zero-order valence-corrected chi connectivity index (χ0v) is 10.5. The molecule has 1 aliphatic rings. The molecule has 0 saturated heterocycles. The second kappa shape index (κ2) is 4.48. The number of carbonyl (C=O) groups excluding carboxylic acids is 2. The molecule has 20 heavy (non-hydrogen) atoms. The van der Waals surface area contributed by atoms with Crippen molar-refractivity contribution in [2.45, 2.75) is 12.3 Å². The molecule has 3 rings (SSSR count). The highest BCUT2D eigenvalue weighted by Crippen LogP contribution is 2.37. The Bertz CT molecular complexity index is 773. The maximum absolute atomic E-state index is 12.0. The maximum atomic E-state index is 12.0. The van der Waals surface area contributed by atoms with Crippen LogP contribution in [-0.4, -0.2) is 19.0 Å². The van der Waals surface area contributed by atoms with Crippen molar-refractivity contribution in [2.75, 3.05) is 7.11 Å². The van der Waals surface area contributed by atoms with E-state index in [1.54, 1.807) is 24.3 Å². The van der Waals surface area contributed by atoms with Crippen LogP contribution in [0.1, 0.15) is 17.9 Å². The number of rotatable bonds is 1. The second-order valence-corrected chi connectivity index (χ2v) is 4.38. The first-order valence-electron chi connectivity index (χ1n) is 5.96. The van der Waals surface area contributed by atoms with Crippen LogP contribution in [0, 0.1) is 0 Å². The van der Waals surface area contributed by atoms with Gasteiger partial charge in [-0.05, 0) is 12.1 Å². The number of carbonyl (C=O) groups is 2. The van der Waals surface area contributed by atoms with Gasteiger partial charge in [-0.1, -0.05) is 12.1 Å². The number of hydrogen-bond donors (Lipinski definition) is 0. The molecule has 1 aliphatic heterocycles. The number of benzene rings is 1. The summed E-state index contributed by atoms with van der Waals surface area (Å²) in [6, 6.07) is 6.66. The van der Waals surface area contributed by atoms with Gasteiger partial charge in [-0.3, -0.25) is 9.59 Å². The van der Waals surface area contributed by atoms with Gasteiger partial charge in [-0.25, -0.2) is 4.79 Å². The monoisotopic (exact) mass is 274 g/mol. The third-order valence-corrected chi connectivity index (χ3v) is 3.22. The van der Waals surface area contributed by atoms with Gasteiger partial charge in [0.2, 0.25) is 0 Å². The van der Waals surface area contributed by atoms with Gasteiger partial charge in [0.25, 0.3) is 0 Å². The minimum atomic E-state index is -0.989. The third kappa shape index (κ3) is 1.77. The van der Waals surface area contributed by atoms with E-state index in [4.69, 9.17) is 9.15 Å². The van der Waals surface area contributed by atoms with Crippen molar-refractivity contribution in [1.82, 2.24) is 0 Å². The van der Waals surface area contributed by atoms with Crippen LogP contribution in [0.3, 0.4) is 0 Å². The molecule has 0 aliphatic carbocycles. The highest BCUT2D eigenvalue weighted by atomic mass is 16.5. The van der Waals surface area contributed by atoms with Crippen LogP contribution in [0.2, 0.25) is 0 Å².